The molecule has 6 rings (SSSR count). The first-order chi connectivity index (χ1) is 19.7. The SMILES string of the molecule is O=C(N[C@@H]1CCO[C@]12O[C@H](CO)[C@H](O)[C@H](n1cc(-c3cc(F)c(F)c(F)c3)nn1)[C@H]2O)c1cccc2ccncc12. The Labute approximate surface area is 230 Å². The molecular weight excluding hydrogens is 547 g/mol. The van der Waals surface area contributed by atoms with Crippen LogP contribution < -0.4 is 5.32 Å². The van der Waals surface area contributed by atoms with Crippen LogP contribution in [0.3, 0.4) is 0 Å². The molecule has 2 saturated heterocycles. The number of rotatable bonds is 5. The van der Waals surface area contributed by atoms with Gasteiger partial charge in [0.05, 0.1) is 25.5 Å². The molecule has 214 valence electrons. The summed E-state index contributed by atoms with van der Waals surface area (Å²) in [5.41, 5.74) is 0.118. The Morgan fingerprint density at radius 2 is 1.95 bits per heavy atom. The van der Waals surface area contributed by atoms with Gasteiger partial charge in [0.2, 0.25) is 5.79 Å². The van der Waals surface area contributed by atoms with Crippen molar-refractivity contribution >= 4 is 16.7 Å². The quantitative estimate of drug-likeness (QED) is 0.261. The van der Waals surface area contributed by atoms with E-state index in [1.54, 1.807) is 30.6 Å². The fraction of sp³-hybridized carbons (Fsp3) is 0.333. The van der Waals surface area contributed by atoms with E-state index in [1.165, 1.54) is 6.20 Å². The highest BCUT2D eigenvalue weighted by molar-refractivity contribution is 6.06. The summed E-state index contributed by atoms with van der Waals surface area (Å²) in [5, 5.41) is 44.6. The van der Waals surface area contributed by atoms with Crippen LogP contribution in [0.25, 0.3) is 22.0 Å². The largest absolute Gasteiger partial charge is 0.394 e. The molecule has 2 aliphatic rings. The Morgan fingerprint density at radius 3 is 2.71 bits per heavy atom. The van der Waals surface area contributed by atoms with Gasteiger partial charge in [0.15, 0.2) is 17.5 Å². The second kappa shape index (κ2) is 10.5. The van der Waals surface area contributed by atoms with E-state index < -0.39 is 66.1 Å². The predicted molar refractivity (Wildman–Crippen MR) is 135 cm³/mol. The zero-order valence-corrected chi connectivity index (χ0v) is 21.2. The van der Waals surface area contributed by atoms with Crippen LogP contribution in [0.5, 0.6) is 0 Å². The summed E-state index contributed by atoms with van der Waals surface area (Å²) in [6.45, 7) is -0.613. The predicted octanol–water partition coefficient (Wildman–Crippen LogP) is 1.48. The van der Waals surface area contributed by atoms with E-state index in [9.17, 15) is 33.3 Å². The number of nitrogens with zero attached hydrogens (tertiary/aromatic N) is 4. The van der Waals surface area contributed by atoms with Crippen LogP contribution in [0.15, 0.2) is 55.0 Å². The number of hydrogen-bond donors (Lipinski definition) is 4. The summed E-state index contributed by atoms with van der Waals surface area (Å²) < 4.78 is 53.9. The normalized spacial score (nSPS) is 27.9. The van der Waals surface area contributed by atoms with Gasteiger partial charge in [-0.2, -0.15) is 0 Å². The molecule has 6 atom stereocenters. The number of amides is 1. The monoisotopic (exact) mass is 571 g/mol. The van der Waals surface area contributed by atoms with Gasteiger partial charge in [-0.3, -0.25) is 9.78 Å². The van der Waals surface area contributed by atoms with Gasteiger partial charge in [-0.25, -0.2) is 17.9 Å². The standard InChI is InChI=1S/C27H24F3N5O6/c28-17-8-14(9-18(29)22(17)30)19-11-35(34-33-19)23-24(37)20(12-36)41-27(25(23)38)21(5-7-40-27)32-26(39)15-3-1-2-13-4-6-31-10-16(13)15/h1-4,6,8-11,20-21,23-25,36-38H,5,7,12H2,(H,32,39)/t20-,21-,23+,24+,25-,27+/m1/s1. The van der Waals surface area contributed by atoms with Crippen molar-refractivity contribution in [3.63, 3.8) is 0 Å². The fourth-order valence-corrected chi connectivity index (χ4v) is 5.49. The number of fused-ring (bicyclic) bond motifs is 1. The Bertz CT molecular complexity index is 1590. The van der Waals surface area contributed by atoms with Gasteiger partial charge in [0.1, 0.15) is 30.0 Å². The lowest BCUT2D eigenvalue weighted by Crippen LogP contribution is -2.69. The van der Waals surface area contributed by atoms with Crippen LogP contribution in [-0.4, -0.2) is 84.6 Å². The maximum atomic E-state index is 13.8. The topological polar surface area (TPSA) is 152 Å². The van der Waals surface area contributed by atoms with E-state index in [4.69, 9.17) is 9.47 Å². The first-order valence-corrected chi connectivity index (χ1v) is 12.7. The second-order valence-corrected chi connectivity index (χ2v) is 9.89. The molecule has 0 saturated carbocycles. The number of nitrogens with one attached hydrogen (secondary N) is 1. The number of hydrogen-bond acceptors (Lipinski definition) is 9. The van der Waals surface area contributed by atoms with E-state index in [-0.39, 0.29) is 24.3 Å². The highest BCUT2D eigenvalue weighted by atomic mass is 19.2. The number of halogens is 3. The molecular formula is C27H24F3N5O6. The number of aliphatic hydroxyl groups is 3. The van der Waals surface area contributed by atoms with Crippen molar-refractivity contribution in [3.05, 3.63) is 78.0 Å². The minimum absolute atomic E-state index is 0.0663. The van der Waals surface area contributed by atoms with E-state index in [0.717, 1.165) is 22.2 Å². The van der Waals surface area contributed by atoms with Crippen LogP contribution in [0.1, 0.15) is 22.8 Å². The summed E-state index contributed by atoms with van der Waals surface area (Å²) in [5.74, 6) is -6.90. The zero-order chi connectivity index (χ0) is 28.9. The average molecular weight is 572 g/mol. The van der Waals surface area contributed by atoms with Crippen LogP contribution in [0.2, 0.25) is 0 Å². The smallest absolute Gasteiger partial charge is 0.252 e. The molecule has 4 aromatic rings. The van der Waals surface area contributed by atoms with Crippen molar-refractivity contribution < 1.29 is 42.8 Å². The molecule has 11 nitrogen and oxygen atoms in total. The molecule has 4 N–H and O–H groups in total. The maximum absolute atomic E-state index is 13.8. The molecule has 2 aliphatic heterocycles. The lowest BCUT2D eigenvalue weighted by molar-refractivity contribution is -0.344. The number of pyridine rings is 1. The number of aliphatic hydroxyl groups excluding tert-OH is 3. The Morgan fingerprint density at radius 1 is 1.17 bits per heavy atom. The van der Waals surface area contributed by atoms with Crippen molar-refractivity contribution in [1.82, 2.24) is 25.3 Å². The van der Waals surface area contributed by atoms with Crippen molar-refractivity contribution in [2.75, 3.05) is 13.2 Å². The van der Waals surface area contributed by atoms with Crippen molar-refractivity contribution in [2.24, 2.45) is 0 Å². The minimum atomic E-state index is -1.91. The molecule has 14 heteroatoms. The minimum Gasteiger partial charge on any atom is -0.394 e. The molecule has 0 radical (unpaired) electrons. The molecule has 1 amide bonds. The van der Waals surface area contributed by atoms with Gasteiger partial charge in [0, 0.05) is 28.9 Å². The molecule has 4 heterocycles. The van der Waals surface area contributed by atoms with Crippen LogP contribution in [-0.2, 0) is 9.47 Å². The van der Waals surface area contributed by atoms with Gasteiger partial charge in [-0.15, -0.1) is 5.10 Å². The van der Waals surface area contributed by atoms with E-state index in [0.29, 0.717) is 10.9 Å². The second-order valence-electron chi connectivity index (χ2n) is 9.89. The number of carbonyl (C=O) groups excluding carboxylic acids is 1. The lowest BCUT2D eigenvalue weighted by atomic mass is 9.86. The van der Waals surface area contributed by atoms with Crippen LogP contribution in [0, 0.1) is 17.5 Å². The van der Waals surface area contributed by atoms with Crippen molar-refractivity contribution in [3.8, 4) is 11.3 Å². The summed E-state index contributed by atoms with van der Waals surface area (Å²) in [6, 6.07) is 6.15. The van der Waals surface area contributed by atoms with Crippen molar-refractivity contribution in [2.45, 2.75) is 42.6 Å². The van der Waals surface area contributed by atoms with E-state index in [2.05, 4.69) is 20.6 Å². The van der Waals surface area contributed by atoms with Crippen molar-refractivity contribution in [1.29, 1.82) is 0 Å². The number of ether oxygens (including phenoxy) is 2. The molecule has 41 heavy (non-hydrogen) atoms. The summed E-state index contributed by atoms with van der Waals surface area (Å²) >= 11 is 0. The molecule has 2 aromatic carbocycles. The molecule has 0 unspecified atom stereocenters. The van der Waals surface area contributed by atoms with Gasteiger partial charge >= 0.3 is 0 Å². The lowest BCUT2D eigenvalue weighted by Gasteiger charge is -2.49. The molecule has 0 aliphatic carbocycles. The fourth-order valence-electron chi connectivity index (χ4n) is 5.49. The van der Waals surface area contributed by atoms with Crippen LogP contribution in [0.4, 0.5) is 13.2 Å². The highest BCUT2D eigenvalue weighted by Crippen LogP contribution is 2.43. The molecule has 2 fully saturated rings. The van der Waals surface area contributed by atoms with E-state index >= 15 is 0 Å². The van der Waals surface area contributed by atoms with Crippen LogP contribution >= 0.6 is 0 Å². The summed E-state index contributed by atoms with van der Waals surface area (Å²) in [7, 11) is 0. The Balaban J connectivity index is 1.33. The molecule has 2 aromatic heterocycles. The summed E-state index contributed by atoms with van der Waals surface area (Å²) in [6.07, 6.45) is 0.101. The first-order valence-electron chi connectivity index (χ1n) is 12.7. The van der Waals surface area contributed by atoms with Gasteiger partial charge in [-0.1, -0.05) is 17.3 Å². The third-order valence-corrected chi connectivity index (χ3v) is 7.53. The zero-order valence-electron chi connectivity index (χ0n) is 21.2. The average Bonchev–Trinajstić information content (AvgIpc) is 3.61. The number of benzene rings is 2. The van der Waals surface area contributed by atoms with Gasteiger partial charge < -0.3 is 30.1 Å². The molecule has 0 bridgehead atoms. The third-order valence-electron chi connectivity index (χ3n) is 7.53. The number of aromatic nitrogens is 4. The first kappa shape index (κ1) is 27.2. The maximum Gasteiger partial charge on any atom is 0.252 e. The van der Waals surface area contributed by atoms with Gasteiger partial charge in [0.25, 0.3) is 5.91 Å². The Kier molecular flexibility index (Phi) is 6.95. The molecule has 1 spiro atoms. The third kappa shape index (κ3) is 4.53. The Hall–Kier alpha value is -3.95. The summed E-state index contributed by atoms with van der Waals surface area (Å²) in [4.78, 5) is 17.5. The highest BCUT2D eigenvalue weighted by Gasteiger charge is 2.62. The van der Waals surface area contributed by atoms with Gasteiger partial charge in [-0.05, 0) is 36.1 Å². The number of carbonyl (C=O) groups is 1. The van der Waals surface area contributed by atoms with E-state index in [1.807, 2.05) is 6.07 Å².